The van der Waals surface area contributed by atoms with Crippen LogP contribution in [0.2, 0.25) is 0 Å². The van der Waals surface area contributed by atoms with Crippen molar-refractivity contribution in [2.45, 2.75) is 13.3 Å². The predicted octanol–water partition coefficient (Wildman–Crippen LogP) is 2.56. The number of nitrogens with zero attached hydrogens (tertiary/aromatic N) is 1. The molecule has 22 heavy (non-hydrogen) atoms. The Bertz CT molecular complexity index is 603. The average Bonchev–Trinajstić information content (AvgIpc) is 2.51. The second-order valence-electron chi connectivity index (χ2n) is 4.79. The molecule has 120 valence electrons. The number of aryl methyl sites for hydroxylation is 1. The van der Waals surface area contributed by atoms with Gasteiger partial charge in [0, 0.05) is 19.7 Å². The number of likely N-dealkylation sites (N-methyl/N-ethyl adjacent to an activating group) is 1. The van der Waals surface area contributed by atoms with Crippen molar-refractivity contribution in [1.82, 2.24) is 4.90 Å². The van der Waals surface area contributed by atoms with E-state index >= 15 is 0 Å². The molecular formula is C15H20FN3O2S. The van der Waals surface area contributed by atoms with E-state index in [-0.39, 0.29) is 34.6 Å². The number of carbonyl (C=O) groups is 1. The molecule has 0 aliphatic heterocycles. The molecule has 0 aromatic heterocycles. The van der Waals surface area contributed by atoms with Crippen molar-refractivity contribution in [1.29, 1.82) is 10.8 Å². The van der Waals surface area contributed by atoms with E-state index in [1.807, 2.05) is 6.92 Å². The Labute approximate surface area is 133 Å². The Hall–Kier alpha value is -1.89. The Kier molecular flexibility index (Phi) is 6.55. The van der Waals surface area contributed by atoms with Crippen LogP contribution in [0.4, 0.5) is 4.39 Å². The minimum Gasteiger partial charge on any atom is -0.481 e. The maximum absolute atomic E-state index is 14.5. The second-order valence-corrected chi connectivity index (χ2v) is 5.61. The highest BCUT2D eigenvalue weighted by atomic mass is 32.2. The van der Waals surface area contributed by atoms with E-state index < -0.39 is 5.82 Å². The Morgan fingerprint density at radius 3 is 2.50 bits per heavy atom. The number of hydrogen-bond donors (Lipinski definition) is 2. The molecule has 5 nitrogen and oxygen atoms in total. The number of benzene rings is 1. The Morgan fingerprint density at radius 2 is 2.00 bits per heavy atom. The molecule has 0 atom stereocenters. The summed E-state index contributed by atoms with van der Waals surface area (Å²) in [6, 6.07) is 3.07. The van der Waals surface area contributed by atoms with E-state index in [0.717, 1.165) is 17.3 Å². The van der Waals surface area contributed by atoms with Crippen LogP contribution >= 0.6 is 11.8 Å². The van der Waals surface area contributed by atoms with Gasteiger partial charge in [0.25, 0.3) is 5.91 Å². The summed E-state index contributed by atoms with van der Waals surface area (Å²) in [5, 5.41) is 15.6. The van der Waals surface area contributed by atoms with Gasteiger partial charge in [-0.15, -0.1) is 11.8 Å². The van der Waals surface area contributed by atoms with Crippen LogP contribution in [0.1, 0.15) is 18.1 Å². The van der Waals surface area contributed by atoms with Crippen LogP contribution in [-0.4, -0.2) is 48.5 Å². The molecule has 1 rings (SSSR count). The lowest BCUT2D eigenvalue weighted by molar-refractivity contribution is -0.130. The molecule has 0 bridgehead atoms. The summed E-state index contributed by atoms with van der Waals surface area (Å²) >= 11 is 1.07. The minimum atomic E-state index is -0.715. The van der Waals surface area contributed by atoms with Crippen molar-refractivity contribution >= 4 is 28.4 Å². The number of carbonyl (C=O) groups excluding carboxylic acids is 1. The van der Waals surface area contributed by atoms with E-state index in [9.17, 15) is 9.18 Å². The molecule has 0 fully saturated rings. The monoisotopic (exact) mass is 325 g/mol. The van der Waals surface area contributed by atoms with Crippen LogP contribution in [0.15, 0.2) is 12.1 Å². The van der Waals surface area contributed by atoms with Gasteiger partial charge >= 0.3 is 0 Å². The van der Waals surface area contributed by atoms with Crippen molar-refractivity contribution in [3.8, 4) is 5.75 Å². The molecule has 1 aromatic rings. The highest BCUT2D eigenvalue weighted by Gasteiger charge is 2.19. The fourth-order valence-corrected chi connectivity index (χ4v) is 1.95. The first-order valence-corrected chi connectivity index (χ1v) is 7.91. The average molecular weight is 325 g/mol. The van der Waals surface area contributed by atoms with E-state index in [1.165, 1.54) is 11.0 Å². The molecule has 2 N–H and O–H groups in total. The van der Waals surface area contributed by atoms with Crippen LogP contribution in [-0.2, 0) is 11.2 Å². The first-order chi connectivity index (χ1) is 10.3. The maximum atomic E-state index is 14.5. The zero-order valence-corrected chi connectivity index (χ0v) is 13.9. The van der Waals surface area contributed by atoms with Crippen LogP contribution in [0.25, 0.3) is 0 Å². The number of nitrogens with one attached hydrogen (secondary N) is 2. The van der Waals surface area contributed by atoms with Crippen LogP contribution in [0.3, 0.4) is 0 Å². The third-order valence-electron chi connectivity index (χ3n) is 3.06. The quantitative estimate of drug-likeness (QED) is 0.623. The summed E-state index contributed by atoms with van der Waals surface area (Å²) < 4.78 is 19.8. The molecule has 1 amide bonds. The normalized spacial score (nSPS) is 10.2. The van der Waals surface area contributed by atoms with Crippen LogP contribution < -0.4 is 4.74 Å². The topological polar surface area (TPSA) is 77.2 Å². The molecule has 1 aromatic carbocycles. The van der Waals surface area contributed by atoms with Crippen molar-refractivity contribution in [2.24, 2.45) is 0 Å². The fraction of sp³-hybridized carbons (Fsp3) is 0.400. The van der Waals surface area contributed by atoms with Gasteiger partial charge in [0.05, 0.1) is 5.71 Å². The Morgan fingerprint density at radius 1 is 1.36 bits per heavy atom. The van der Waals surface area contributed by atoms with E-state index in [1.54, 1.807) is 26.4 Å². The van der Waals surface area contributed by atoms with Crippen LogP contribution in [0.5, 0.6) is 5.75 Å². The summed E-state index contributed by atoms with van der Waals surface area (Å²) in [6.45, 7) is 1.62. The highest BCUT2D eigenvalue weighted by molar-refractivity contribution is 8.15. The molecule has 0 unspecified atom stereocenters. The molecule has 0 heterocycles. The second kappa shape index (κ2) is 7.93. The molecule has 7 heteroatoms. The summed E-state index contributed by atoms with van der Waals surface area (Å²) in [7, 11) is 3.18. The number of rotatable bonds is 6. The molecule has 0 saturated heterocycles. The fourth-order valence-electron chi connectivity index (χ4n) is 1.64. The first kappa shape index (κ1) is 18.2. The third-order valence-corrected chi connectivity index (χ3v) is 3.67. The molecule has 0 aliphatic rings. The summed E-state index contributed by atoms with van der Waals surface area (Å²) in [6.07, 6.45) is 2.29. The highest BCUT2D eigenvalue weighted by Crippen LogP contribution is 2.25. The first-order valence-electron chi connectivity index (χ1n) is 6.69. The van der Waals surface area contributed by atoms with E-state index in [4.69, 9.17) is 15.6 Å². The largest absolute Gasteiger partial charge is 0.481 e. The van der Waals surface area contributed by atoms with Gasteiger partial charge in [0.2, 0.25) is 0 Å². The predicted molar refractivity (Wildman–Crippen MR) is 88.0 cm³/mol. The lowest BCUT2D eigenvalue weighted by Gasteiger charge is -2.15. The standard InChI is InChI=1S/C15H20FN3O2S/c1-5-9-6-10(14(17)15(18)22-4)13(16)11(7-9)21-8-12(20)19(2)3/h6-7,17-18H,5,8H2,1-4H3. The number of ether oxygens (including phenoxy) is 1. The van der Waals surface area contributed by atoms with Gasteiger partial charge in [-0.25, -0.2) is 4.39 Å². The van der Waals surface area contributed by atoms with Crippen molar-refractivity contribution in [2.75, 3.05) is 27.0 Å². The summed E-state index contributed by atoms with van der Waals surface area (Å²) in [5.74, 6) is -1.06. The van der Waals surface area contributed by atoms with Gasteiger partial charge in [-0.1, -0.05) is 6.92 Å². The van der Waals surface area contributed by atoms with Gasteiger partial charge in [-0.2, -0.15) is 0 Å². The third kappa shape index (κ3) is 4.30. The molecular weight excluding hydrogens is 305 g/mol. The number of amides is 1. The molecule has 0 saturated carbocycles. The Balaban J connectivity index is 3.15. The molecule has 0 radical (unpaired) electrons. The smallest absolute Gasteiger partial charge is 0.259 e. The van der Waals surface area contributed by atoms with Gasteiger partial charge in [-0.3, -0.25) is 15.6 Å². The maximum Gasteiger partial charge on any atom is 0.259 e. The zero-order valence-electron chi connectivity index (χ0n) is 13.1. The summed E-state index contributed by atoms with van der Waals surface area (Å²) in [4.78, 5) is 12.9. The minimum absolute atomic E-state index is 0.0194. The van der Waals surface area contributed by atoms with Gasteiger partial charge < -0.3 is 9.64 Å². The number of halogens is 1. The van der Waals surface area contributed by atoms with Gasteiger partial charge in [0.1, 0.15) is 5.04 Å². The number of hydrogen-bond acceptors (Lipinski definition) is 5. The molecule has 0 aliphatic carbocycles. The van der Waals surface area contributed by atoms with Gasteiger partial charge in [-0.05, 0) is 30.4 Å². The van der Waals surface area contributed by atoms with E-state index in [2.05, 4.69) is 0 Å². The van der Waals surface area contributed by atoms with Crippen molar-refractivity contribution in [3.63, 3.8) is 0 Å². The van der Waals surface area contributed by atoms with Crippen molar-refractivity contribution in [3.05, 3.63) is 29.1 Å². The number of thioether (sulfide) groups is 1. The van der Waals surface area contributed by atoms with Gasteiger partial charge in [0.15, 0.2) is 18.2 Å². The zero-order chi connectivity index (χ0) is 16.9. The lowest BCUT2D eigenvalue weighted by atomic mass is 10.0. The lowest BCUT2D eigenvalue weighted by Crippen LogP contribution is -2.27. The molecule has 0 spiro atoms. The van der Waals surface area contributed by atoms with E-state index in [0.29, 0.717) is 6.42 Å². The SMILES string of the molecule is CCc1cc(OCC(=O)N(C)C)c(F)c(C(=N)C(=N)SC)c1. The van der Waals surface area contributed by atoms with Crippen molar-refractivity contribution < 1.29 is 13.9 Å². The summed E-state index contributed by atoms with van der Waals surface area (Å²) in [5.41, 5.74) is 0.609. The van der Waals surface area contributed by atoms with Crippen LogP contribution in [0, 0.1) is 16.6 Å².